The van der Waals surface area contributed by atoms with Crippen LogP contribution in [0, 0.1) is 6.92 Å². The van der Waals surface area contributed by atoms with Crippen LogP contribution in [0.1, 0.15) is 40.3 Å². The number of hydrogen-bond acceptors (Lipinski definition) is 2. The molecule has 1 amide bonds. The predicted octanol–water partition coefficient (Wildman–Crippen LogP) is 5.14. The molecular formula is C23H23Cl2N3O. The fourth-order valence-corrected chi connectivity index (χ4v) is 4.35. The van der Waals surface area contributed by atoms with Gasteiger partial charge in [0.1, 0.15) is 0 Å². The lowest BCUT2D eigenvalue weighted by molar-refractivity contribution is -0.132. The molecule has 0 bridgehead atoms. The third kappa shape index (κ3) is 4.05. The summed E-state index contributed by atoms with van der Waals surface area (Å²) in [6, 6.07) is 13.9. The summed E-state index contributed by atoms with van der Waals surface area (Å²) < 4.78 is 1.89. The van der Waals surface area contributed by atoms with Gasteiger partial charge in [-0.3, -0.25) is 9.48 Å². The molecule has 1 aliphatic rings. The van der Waals surface area contributed by atoms with Gasteiger partial charge in [0.05, 0.1) is 16.2 Å². The number of rotatable bonds is 4. The first-order valence-corrected chi connectivity index (χ1v) is 10.5. The fraction of sp³-hybridized carbons (Fsp3) is 0.304. The molecule has 4 rings (SSSR count). The number of carbonyl (C=O) groups excluding carboxylic acids is 1. The normalized spacial score (nSPS) is 16.0. The predicted molar refractivity (Wildman–Crippen MR) is 116 cm³/mol. The number of amides is 1. The van der Waals surface area contributed by atoms with Crippen molar-refractivity contribution in [3.05, 3.63) is 86.7 Å². The maximum atomic E-state index is 13.0. The van der Waals surface area contributed by atoms with Crippen molar-refractivity contribution < 1.29 is 4.79 Å². The van der Waals surface area contributed by atoms with Crippen molar-refractivity contribution in [3.63, 3.8) is 0 Å². The molecule has 0 saturated carbocycles. The van der Waals surface area contributed by atoms with Crippen molar-refractivity contribution in [1.82, 2.24) is 14.7 Å². The van der Waals surface area contributed by atoms with Crippen molar-refractivity contribution in [3.8, 4) is 0 Å². The van der Waals surface area contributed by atoms with Crippen LogP contribution < -0.4 is 0 Å². The SMILES string of the molecule is Cc1c(C2CN(C(=O)CCc3ccc(Cl)c(Cl)c3)Cc3ccccc32)cnn1C. The highest BCUT2D eigenvalue weighted by Crippen LogP contribution is 2.35. The molecule has 29 heavy (non-hydrogen) atoms. The number of nitrogens with zero attached hydrogens (tertiary/aromatic N) is 3. The maximum Gasteiger partial charge on any atom is 0.223 e. The van der Waals surface area contributed by atoms with Crippen molar-refractivity contribution >= 4 is 29.1 Å². The topological polar surface area (TPSA) is 38.1 Å². The Bertz CT molecular complexity index is 1060. The number of hydrogen-bond donors (Lipinski definition) is 0. The van der Waals surface area contributed by atoms with Gasteiger partial charge < -0.3 is 4.90 Å². The van der Waals surface area contributed by atoms with Crippen molar-refractivity contribution in [1.29, 1.82) is 0 Å². The lowest BCUT2D eigenvalue weighted by Gasteiger charge is -2.35. The summed E-state index contributed by atoms with van der Waals surface area (Å²) in [7, 11) is 1.95. The zero-order valence-corrected chi connectivity index (χ0v) is 18.0. The van der Waals surface area contributed by atoms with Gasteiger partial charge in [0.2, 0.25) is 5.91 Å². The minimum atomic E-state index is 0.141. The first kappa shape index (κ1) is 20.0. The van der Waals surface area contributed by atoms with E-state index in [2.05, 4.69) is 30.2 Å². The van der Waals surface area contributed by atoms with E-state index in [4.69, 9.17) is 23.2 Å². The van der Waals surface area contributed by atoms with Crippen LogP contribution in [0.4, 0.5) is 0 Å². The van der Waals surface area contributed by atoms with Crippen molar-refractivity contribution in [2.24, 2.45) is 7.05 Å². The van der Waals surface area contributed by atoms with Crippen LogP contribution in [0.5, 0.6) is 0 Å². The van der Waals surface area contributed by atoms with E-state index < -0.39 is 0 Å². The second-order valence-corrected chi connectivity index (χ2v) is 8.40. The van der Waals surface area contributed by atoms with Gasteiger partial charge in [-0.1, -0.05) is 53.5 Å². The molecule has 2 heterocycles. The van der Waals surface area contributed by atoms with E-state index in [0.29, 0.717) is 36.0 Å². The molecule has 1 aromatic heterocycles. The Balaban J connectivity index is 1.54. The third-order valence-corrected chi connectivity index (χ3v) is 6.55. The van der Waals surface area contributed by atoms with Crippen LogP contribution in [-0.4, -0.2) is 27.1 Å². The Hall–Kier alpha value is -2.30. The lowest BCUT2D eigenvalue weighted by Crippen LogP contribution is -2.38. The van der Waals surface area contributed by atoms with Crippen LogP contribution in [0.25, 0.3) is 0 Å². The summed E-state index contributed by atoms with van der Waals surface area (Å²) in [5.41, 5.74) is 5.83. The van der Waals surface area contributed by atoms with E-state index >= 15 is 0 Å². The molecule has 0 spiro atoms. The third-order valence-electron chi connectivity index (χ3n) is 5.81. The number of aromatic nitrogens is 2. The van der Waals surface area contributed by atoms with Gasteiger partial charge in [0.15, 0.2) is 0 Å². The first-order valence-electron chi connectivity index (χ1n) is 9.72. The van der Waals surface area contributed by atoms with Crippen LogP contribution in [-0.2, 0) is 24.8 Å². The summed E-state index contributed by atoms with van der Waals surface area (Å²) in [6.45, 7) is 3.39. The highest BCUT2D eigenvalue weighted by atomic mass is 35.5. The van der Waals surface area contributed by atoms with Crippen LogP contribution >= 0.6 is 23.2 Å². The fourth-order valence-electron chi connectivity index (χ4n) is 4.03. The van der Waals surface area contributed by atoms with Gasteiger partial charge in [-0.15, -0.1) is 0 Å². The molecule has 0 radical (unpaired) electrons. The molecule has 0 N–H and O–H groups in total. The molecule has 1 atom stereocenters. The molecule has 6 heteroatoms. The Labute approximate surface area is 181 Å². The minimum absolute atomic E-state index is 0.141. The first-order chi connectivity index (χ1) is 13.9. The van der Waals surface area contributed by atoms with E-state index in [9.17, 15) is 4.79 Å². The molecule has 0 saturated heterocycles. The minimum Gasteiger partial charge on any atom is -0.337 e. The van der Waals surface area contributed by atoms with E-state index in [0.717, 1.165) is 11.3 Å². The van der Waals surface area contributed by atoms with Crippen molar-refractivity contribution in [2.75, 3.05) is 6.54 Å². The number of carbonyl (C=O) groups is 1. The number of halogens is 2. The standard InChI is InChI=1S/C23H23Cl2N3O/c1-15-19(12-26-27(15)2)20-14-28(13-17-5-3-4-6-18(17)20)23(29)10-8-16-7-9-21(24)22(25)11-16/h3-7,9,11-12,20H,8,10,13-14H2,1-2H3. The number of aryl methyl sites for hydroxylation is 2. The van der Waals surface area contributed by atoms with E-state index in [1.807, 2.05) is 41.0 Å². The highest BCUT2D eigenvalue weighted by Gasteiger charge is 2.30. The Morgan fingerprint density at radius 1 is 1.14 bits per heavy atom. The lowest BCUT2D eigenvalue weighted by atomic mass is 9.84. The monoisotopic (exact) mass is 427 g/mol. The number of fused-ring (bicyclic) bond motifs is 1. The van der Waals surface area contributed by atoms with Crippen LogP contribution in [0.2, 0.25) is 10.0 Å². The average molecular weight is 428 g/mol. The molecule has 0 aliphatic carbocycles. The highest BCUT2D eigenvalue weighted by molar-refractivity contribution is 6.42. The van der Waals surface area contributed by atoms with Crippen LogP contribution in [0.15, 0.2) is 48.7 Å². The van der Waals surface area contributed by atoms with Gasteiger partial charge >= 0.3 is 0 Å². The molecule has 3 aromatic rings. The Kier molecular flexibility index (Phi) is 5.66. The maximum absolute atomic E-state index is 13.0. The van der Waals surface area contributed by atoms with E-state index in [-0.39, 0.29) is 11.8 Å². The summed E-state index contributed by atoms with van der Waals surface area (Å²) in [4.78, 5) is 15.0. The van der Waals surface area contributed by atoms with Gasteiger partial charge in [-0.2, -0.15) is 5.10 Å². The smallest absolute Gasteiger partial charge is 0.223 e. The molecule has 1 unspecified atom stereocenters. The molecule has 0 fully saturated rings. The molecule has 1 aliphatic heterocycles. The quantitative estimate of drug-likeness (QED) is 0.577. The second-order valence-electron chi connectivity index (χ2n) is 7.58. The average Bonchev–Trinajstić information content (AvgIpc) is 3.06. The van der Waals surface area contributed by atoms with Gasteiger partial charge in [0, 0.05) is 43.7 Å². The summed E-state index contributed by atoms with van der Waals surface area (Å²) >= 11 is 12.1. The number of benzene rings is 2. The van der Waals surface area contributed by atoms with Crippen LogP contribution in [0.3, 0.4) is 0 Å². The molecule has 2 aromatic carbocycles. The van der Waals surface area contributed by atoms with Crippen molar-refractivity contribution in [2.45, 2.75) is 32.2 Å². The zero-order chi connectivity index (χ0) is 20.5. The van der Waals surface area contributed by atoms with Gasteiger partial charge in [-0.25, -0.2) is 0 Å². The Morgan fingerprint density at radius 2 is 1.93 bits per heavy atom. The second kappa shape index (κ2) is 8.21. The van der Waals surface area contributed by atoms with E-state index in [1.165, 1.54) is 16.7 Å². The summed E-state index contributed by atoms with van der Waals surface area (Å²) in [5.74, 6) is 0.291. The van der Waals surface area contributed by atoms with Gasteiger partial charge in [0.25, 0.3) is 0 Å². The summed E-state index contributed by atoms with van der Waals surface area (Å²) in [6.07, 6.45) is 3.02. The largest absolute Gasteiger partial charge is 0.337 e. The van der Waals surface area contributed by atoms with E-state index in [1.54, 1.807) is 6.07 Å². The zero-order valence-electron chi connectivity index (χ0n) is 16.5. The molecular weight excluding hydrogens is 405 g/mol. The Morgan fingerprint density at radius 3 is 2.66 bits per heavy atom. The molecule has 4 nitrogen and oxygen atoms in total. The molecule has 150 valence electrons. The van der Waals surface area contributed by atoms with Gasteiger partial charge in [-0.05, 0) is 42.2 Å². The summed E-state index contributed by atoms with van der Waals surface area (Å²) in [5, 5.41) is 5.47.